The number of fused-ring (bicyclic) bond motifs is 1. The van der Waals surface area contributed by atoms with E-state index in [1.807, 2.05) is 0 Å². The number of halogens is 6. The summed E-state index contributed by atoms with van der Waals surface area (Å²) in [4.78, 5) is 32.9. The van der Waals surface area contributed by atoms with E-state index in [1.165, 1.54) is 6.20 Å². The van der Waals surface area contributed by atoms with Gasteiger partial charge in [0.1, 0.15) is 11.5 Å². The van der Waals surface area contributed by atoms with Crippen LogP contribution in [0.1, 0.15) is 48.9 Å². The van der Waals surface area contributed by atoms with Crippen LogP contribution in [0.4, 0.5) is 31.1 Å². The fourth-order valence-electron chi connectivity index (χ4n) is 5.61. The van der Waals surface area contributed by atoms with Gasteiger partial charge in [0.15, 0.2) is 5.92 Å². The predicted molar refractivity (Wildman–Crippen MR) is 114 cm³/mol. The summed E-state index contributed by atoms with van der Waals surface area (Å²) in [6.07, 6.45) is -8.57. The van der Waals surface area contributed by atoms with Crippen LogP contribution in [-0.2, 0) is 13.1 Å². The first-order valence-electron chi connectivity index (χ1n) is 11.8. The average molecular weight is 525 g/mol. The van der Waals surface area contributed by atoms with Crippen LogP contribution >= 0.6 is 0 Å². The smallest absolute Gasteiger partial charge is 0.407 e. The summed E-state index contributed by atoms with van der Waals surface area (Å²) in [5.41, 5.74) is -1.99. The van der Waals surface area contributed by atoms with Crippen molar-refractivity contribution in [2.75, 3.05) is 26.7 Å². The molecule has 1 aromatic rings. The molecular weight excluding hydrogens is 496 g/mol. The van der Waals surface area contributed by atoms with Gasteiger partial charge in [0.25, 0.3) is 5.91 Å². The quantitative estimate of drug-likeness (QED) is 0.605. The lowest BCUT2D eigenvalue weighted by Gasteiger charge is -2.52. The summed E-state index contributed by atoms with van der Waals surface area (Å²) in [6.45, 7) is 1.70. The van der Waals surface area contributed by atoms with E-state index in [9.17, 15) is 41.0 Å². The van der Waals surface area contributed by atoms with Crippen LogP contribution in [-0.4, -0.2) is 92.0 Å². The molecule has 4 rings (SSSR count). The van der Waals surface area contributed by atoms with Crippen molar-refractivity contribution in [3.63, 3.8) is 0 Å². The first-order chi connectivity index (χ1) is 16.6. The maximum atomic E-state index is 13.7. The number of alkyl halides is 6. The molecule has 0 aromatic carbocycles. The number of piperidine rings is 1. The van der Waals surface area contributed by atoms with Crippen molar-refractivity contribution in [3.8, 4) is 0 Å². The van der Waals surface area contributed by atoms with E-state index < -0.39 is 54.7 Å². The molecule has 2 fully saturated rings. The van der Waals surface area contributed by atoms with Crippen LogP contribution in [0.3, 0.4) is 0 Å². The fourth-order valence-corrected chi connectivity index (χ4v) is 5.61. The second-order valence-corrected chi connectivity index (χ2v) is 10.2. The van der Waals surface area contributed by atoms with Crippen molar-refractivity contribution in [1.29, 1.82) is 0 Å². The number of carbonyl (C=O) groups is 2. The highest BCUT2D eigenvalue weighted by Gasteiger charge is 2.65. The molecule has 1 N–H and O–H groups in total. The van der Waals surface area contributed by atoms with Gasteiger partial charge in [-0.05, 0) is 26.2 Å². The highest BCUT2D eigenvalue weighted by molar-refractivity contribution is 5.92. The summed E-state index contributed by atoms with van der Waals surface area (Å²) in [5, 5.41) is 9.28. The first-order valence-corrected chi connectivity index (χ1v) is 11.8. The van der Waals surface area contributed by atoms with Gasteiger partial charge < -0.3 is 19.5 Å². The maximum absolute atomic E-state index is 13.7. The topological polar surface area (TPSA) is 81.9 Å². The largest absolute Gasteiger partial charge is 0.465 e. The molecule has 0 spiro atoms. The van der Waals surface area contributed by atoms with Crippen LogP contribution in [0, 0.1) is 11.8 Å². The Morgan fingerprint density at radius 3 is 2.31 bits per heavy atom. The van der Waals surface area contributed by atoms with E-state index in [-0.39, 0.29) is 12.2 Å². The van der Waals surface area contributed by atoms with E-state index in [0.717, 1.165) is 44.7 Å². The molecule has 2 atom stereocenters. The molecule has 1 aromatic heterocycles. The normalized spacial score (nSPS) is 26.0. The third-order valence-corrected chi connectivity index (χ3v) is 8.19. The molecule has 1 saturated heterocycles. The second-order valence-electron chi connectivity index (χ2n) is 10.2. The number of likely N-dealkylation sites (tertiary alicyclic amines) is 1. The van der Waals surface area contributed by atoms with Gasteiger partial charge in [-0.25, -0.2) is 9.78 Å². The number of nitrogens with zero attached hydrogens (tertiary/aromatic N) is 5. The van der Waals surface area contributed by atoms with Crippen LogP contribution in [0.5, 0.6) is 0 Å². The first kappa shape index (κ1) is 26.6. The van der Waals surface area contributed by atoms with Gasteiger partial charge in [0.05, 0.1) is 6.54 Å². The maximum Gasteiger partial charge on any atom is 0.407 e. The SMILES string of the molecule is CN(C(=O)c1cn2c(n1)CN(C1CCC1)CC2)C1(C)CCN(C(=O)O)CC1C(C(F)(F)F)C(F)(F)F. The number of hydrogen-bond acceptors (Lipinski definition) is 4. The van der Waals surface area contributed by atoms with Crippen molar-refractivity contribution < 1.29 is 41.0 Å². The van der Waals surface area contributed by atoms with E-state index in [0.29, 0.717) is 29.9 Å². The number of imidazole rings is 1. The van der Waals surface area contributed by atoms with E-state index >= 15 is 0 Å². The molecule has 2 amide bonds. The number of aromatic nitrogens is 2. The predicted octanol–water partition coefficient (Wildman–Crippen LogP) is 3.82. The Morgan fingerprint density at radius 1 is 1.14 bits per heavy atom. The van der Waals surface area contributed by atoms with Crippen molar-refractivity contribution in [2.45, 2.75) is 69.6 Å². The molecule has 1 aliphatic carbocycles. The van der Waals surface area contributed by atoms with Crippen LogP contribution in [0.25, 0.3) is 0 Å². The molecule has 1 saturated carbocycles. The Morgan fingerprint density at radius 2 is 1.78 bits per heavy atom. The van der Waals surface area contributed by atoms with Gasteiger partial charge in [-0.3, -0.25) is 9.69 Å². The minimum absolute atomic E-state index is 0.0563. The molecule has 3 aliphatic rings. The van der Waals surface area contributed by atoms with Gasteiger partial charge in [-0.15, -0.1) is 0 Å². The van der Waals surface area contributed by atoms with Crippen molar-refractivity contribution in [1.82, 2.24) is 24.3 Å². The number of rotatable bonds is 4. The summed E-state index contributed by atoms with van der Waals surface area (Å²) in [5.74, 6) is -6.25. The summed E-state index contributed by atoms with van der Waals surface area (Å²) < 4.78 is 84.2. The van der Waals surface area contributed by atoms with Crippen molar-refractivity contribution in [3.05, 3.63) is 17.7 Å². The van der Waals surface area contributed by atoms with Crippen LogP contribution in [0.15, 0.2) is 6.20 Å². The number of carbonyl (C=O) groups excluding carboxylic acids is 1. The van der Waals surface area contributed by atoms with Gasteiger partial charge in [0, 0.05) is 56.9 Å². The van der Waals surface area contributed by atoms with E-state index in [2.05, 4.69) is 9.88 Å². The molecule has 8 nitrogen and oxygen atoms in total. The molecular formula is C22H29F6N5O3. The molecule has 36 heavy (non-hydrogen) atoms. The zero-order valence-electron chi connectivity index (χ0n) is 19.9. The Bertz CT molecular complexity index is 993. The van der Waals surface area contributed by atoms with E-state index in [4.69, 9.17) is 0 Å². The van der Waals surface area contributed by atoms with Crippen LogP contribution < -0.4 is 0 Å². The summed E-state index contributed by atoms with van der Waals surface area (Å²) in [6, 6.07) is 0.457. The Labute approximate surface area is 203 Å². The Kier molecular flexibility index (Phi) is 6.71. The second kappa shape index (κ2) is 9.10. The van der Waals surface area contributed by atoms with E-state index in [1.54, 1.807) is 4.57 Å². The minimum atomic E-state index is -5.69. The third-order valence-electron chi connectivity index (χ3n) is 8.19. The highest BCUT2D eigenvalue weighted by atomic mass is 19.4. The molecule has 0 radical (unpaired) electrons. The Hall–Kier alpha value is -2.51. The summed E-state index contributed by atoms with van der Waals surface area (Å²) in [7, 11) is 1.16. The lowest BCUT2D eigenvalue weighted by atomic mass is 9.70. The number of carboxylic acid groups (broad SMARTS) is 1. The highest BCUT2D eigenvalue weighted by Crippen LogP contribution is 2.50. The zero-order chi connectivity index (χ0) is 26.6. The summed E-state index contributed by atoms with van der Waals surface area (Å²) >= 11 is 0. The molecule has 14 heteroatoms. The Balaban J connectivity index is 1.63. The van der Waals surface area contributed by atoms with Crippen molar-refractivity contribution >= 4 is 12.0 Å². The zero-order valence-corrected chi connectivity index (χ0v) is 19.9. The molecule has 0 bridgehead atoms. The number of hydrogen-bond donors (Lipinski definition) is 1. The lowest BCUT2D eigenvalue weighted by molar-refractivity contribution is -0.310. The van der Waals surface area contributed by atoms with Gasteiger partial charge in [-0.2, -0.15) is 26.3 Å². The molecule has 3 heterocycles. The van der Waals surface area contributed by atoms with Gasteiger partial charge in [0.2, 0.25) is 0 Å². The minimum Gasteiger partial charge on any atom is -0.465 e. The monoisotopic (exact) mass is 525 g/mol. The number of amides is 2. The van der Waals surface area contributed by atoms with Gasteiger partial charge >= 0.3 is 18.4 Å². The van der Waals surface area contributed by atoms with Gasteiger partial charge in [-0.1, -0.05) is 6.42 Å². The lowest BCUT2D eigenvalue weighted by Crippen LogP contribution is -2.65. The van der Waals surface area contributed by atoms with Crippen LogP contribution in [0.2, 0.25) is 0 Å². The third kappa shape index (κ3) is 4.75. The molecule has 2 unspecified atom stereocenters. The molecule has 2 aliphatic heterocycles. The fraction of sp³-hybridized carbons (Fsp3) is 0.773. The average Bonchev–Trinajstić information content (AvgIpc) is 3.14. The standard InChI is InChI=1S/C22H29F6N5O3/c1-20(6-7-33(19(35)36)10-14(20)17(21(23,24)25)22(26,27)28)30(2)18(34)15-11-32-9-8-31(12-16(32)29-15)13-4-3-5-13/h11,13-14,17H,3-10,12H2,1-2H3,(H,35,36). The molecule has 202 valence electrons. The van der Waals surface area contributed by atoms with Crippen molar-refractivity contribution in [2.24, 2.45) is 11.8 Å².